The molecule has 49 heavy (non-hydrogen) atoms. The van der Waals surface area contributed by atoms with Crippen LogP contribution in [-0.4, -0.2) is 14.5 Å². The van der Waals surface area contributed by atoms with Crippen molar-refractivity contribution in [3.05, 3.63) is 150 Å². The summed E-state index contributed by atoms with van der Waals surface area (Å²) in [6, 6.07) is 40.0. The zero-order valence-corrected chi connectivity index (χ0v) is 26.6. The Morgan fingerprint density at radius 3 is 2.04 bits per heavy atom. The Labute approximate surface area is 281 Å². The molecule has 0 radical (unpaired) electrons. The zero-order chi connectivity index (χ0) is 32.1. The largest absolute Gasteiger partial charge is 0.456 e. The average molecular weight is 632 g/mol. The van der Waals surface area contributed by atoms with Gasteiger partial charge >= 0.3 is 0 Å². The number of hydrogen-bond acceptors (Lipinski definition) is 4. The first-order chi connectivity index (χ1) is 24.3. The van der Waals surface area contributed by atoms with Crippen LogP contribution >= 0.6 is 0 Å². The van der Waals surface area contributed by atoms with Gasteiger partial charge in [-0.1, -0.05) is 97.1 Å². The number of fused-ring (bicyclic) bond motifs is 11. The van der Waals surface area contributed by atoms with E-state index in [4.69, 9.17) is 18.8 Å². The predicted octanol–water partition coefficient (Wildman–Crippen LogP) is 11.2. The number of allylic oxidation sites excluding steroid dienone is 4. The van der Waals surface area contributed by atoms with Crippen molar-refractivity contribution < 1.29 is 8.83 Å². The first-order valence-electron chi connectivity index (χ1n) is 17.0. The van der Waals surface area contributed by atoms with Gasteiger partial charge in [0.05, 0.1) is 27.6 Å². The Morgan fingerprint density at radius 2 is 1.20 bits per heavy atom. The van der Waals surface area contributed by atoms with E-state index in [1.807, 2.05) is 18.2 Å². The second-order valence-corrected chi connectivity index (χ2v) is 13.1. The second-order valence-electron chi connectivity index (χ2n) is 13.1. The SMILES string of the molecule is C1=C(C2=CCCc3c2oc2c3ccc3c2c2ccccc2n3-c2nc(-c3ccccc3)c3ccccc3n2)c2oc3ccccc3c2CC1. The van der Waals surface area contributed by atoms with Gasteiger partial charge in [-0.05, 0) is 56.0 Å². The molecule has 4 heterocycles. The molecule has 0 unspecified atom stereocenters. The van der Waals surface area contributed by atoms with E-state index in [2.05, 4.69) is 114 Å². The smallest absolute Gasteiger partial charge is 0.235 e. The minimum Gasteiger partial charge on any atom is -0.456 e. The topological polar surface area (TPSA) is 57.0 Å². The third kappa shape index (κ3) is 3.81. The summed E-state index contributed by atoms with van der Waals surface area (Å²) in [5.41, 5.74) is 11.7. The summed E-state index contributed by atoms with van der Waals surface area (Å²) >= 11 is 0. The highest BCUT2D eigenvalue weighted by Crippen LogP contribution is 2.48. The number of benzene rings is 5. The van der Waals surface area contributed by atoms with Crippen LogP contribution in [0.4, 0.5) is 0 Å². The van der Waals surface area contributed by atoms with E-state index in [1.165, 1.54) is 21.9 Å². The van der Waals surface area contributed by atoms with E-state index < -0.39 is 0 Å². The van der Waals surface area contributed by atoms with Gasteiger partial charge in [0.15, 0.2) is 0 Å². The van der Waals surface area contributed by atoms with Gasteiger partial charge in [-0.25, -0.2) is 9.97 Å². The van der Waals surface area contributed by atoms with Crippen LogP contribution in [0.2, 0.25) is 0 Å². The molecule has 4 aromatic heterocycles. The monoisotopic (exact) mass is 631 g/mol. The van der Waals surface area contributed by atoms with E-state index in [9.17, 15) is 0 Å². The zero-order valence-electron chi connectivity index (χ0n) is 26.6. The fraction of sp³-hybridized carbons (Fsp3) is 0.0909. The Morgan fingerprint density at radius 1 is 0.531 bits per heavy atom. The molecule has 2 aliphatic carbocycles. The summed E-state index contributed by atoms with van der Waals surface area (Å²) in [7, 11) is 0. The molecule has 0 amide bonds. The maximum Gasteiger partial charge on any atom is 0.235 e. The highest BCUT2D eigenvalue weighted by molar-refractivity contribution is 6.21. The fourth-order valence-corrected chi connectivity index (χ4v) is 8.26. The van der Waals surface area contributed by atoms with Gasteiger partial charge in [-0.2, -0.15) is 0 Å². The van der Waals surface area contributed by atoms with Crippen molar-refractivity contribution in [2.24, 2.45) is 0 Å². The predicted molar refractivity (Wildman–Crippen MR) is 198 cm³/mol. The molecule has 11 rings (SSSR count). The second kappa shape index (κ2) is 10.1. The average Bonchev–Trinajstić information content (AvgIpc) is 3.84. The van der Waals surface area contributed by atoms with Crippen LogP contribution in [0.15, 0.2) is 136 Å². The Hall–Kier alpha value is -6.20. The van der Waals surface area contributed by atoms with Gasteiger partial charge in [-0.15, -0.1) is 0 Å². The molecule has 0 saturated heterocycles. The summed E-state index contributed by atoms with van der Waals surface area (Å²) < 4.78 is 15.8. The van der Waals surface area contributed by atoms with Crippen LogP contribution in [0, 0.1) is 0 Å². The molecule has 0 bridgehead atoms. The van der Waals surface area contributed by atoms with E-state index in [0.717, 1.165) is 103 Å². The molecule has 0 N–H and O–H groups in total. The van der Waals surface area contributed by atoms with Gasteiger partial charge in [0.2, 0.25) is 5.95 Å². The third-order valence-corrected chi connectivity index (χ3v) is 10.4. The lowest BCUT2D eigenvalue weighted by Gasteiger charge is -2.18. The summed E-state index contributed by atoms with van der Waals surface area (Å²) in [4.78, 5) is 10.4. The maximum atomic E-state index is 7.07. The lowest BCUT2D eigenvalue weighted by molar-refractivity contribution is 0.583. The molecule has 232 valence electrons. The number of nitrogens with zero attached hydrogens (tertiary/aromatic N) is 3. The van der Waals surface area contributed by atoms with Crippen molar-refractivity contribution in [3.63, 3.8) is 0 Å². The molecule has 5 aromatic carbocycles. The van der Waals surface area contributed by atoms with Gasteiger partial charge in [-0.3, -0.25) is 4.57 Å². The lowest BCUT2D eigenvalue weighted by Crippen LogP contribution is -2.03. The Bertz CT molecular complexity index is 2880. The molecule has 9 aromatic rings. The summed E-state index contributed by atoms with van der Waals surface area (Å²) in [5.74, 6) is 2.58. The normalized spacial score (nSPS) is 14.4. The van der Waals surface area contributed by atoms with Crippen LogP contribution < -0.4 is 0 Å². The van der Waals surface area contributed by atoms with Crippen LogP contribution in [0.3, 0.4) is 0 Å². The Balaban J connectivity index is 1.15. The number of furan rings is 2. The molecule has 0 spiro atoms. The Kier molecular flexibility index (Phi) is 5.56. The van der Waals surface area contributed by atoms with Crippen LogP contribution in [-0.2, 0) is 12.8 Å². The first-order valence-corrected chi connectivity index (χ1v) is 17.0. The fourth-order valence-electron chi connectivity index (χ4n) is 8.26. The number of para-hydroxylation sites is 3. The molecular formula is C44H29N3O2. The number of aryl methyl sites for hydroxylation is 2. The van der Waals surface area contributed by atoms with Crippen molar-refractivity contribution in [1.29, 1.82) is 0 Å². The van der Waals surface area contributed by atoms with Crippen molar-refractivity contribution >= 4 is 65.8 Å². The molecule has 0 saturated carbocycles. The molecule has 5 heteroatoms. The minimum absolute atomic E-state index is 0.643. The first kappa shape index (κ1) is 26.8. The molecule has 0 fully saturated rings. The quantitative estimate of drug-likeness (QED) is 0.195. The van der Waals surface area contributed by atoms with E-state index in [-0.39, 0.29) is 0 Å². The van der Waals surface area contributed by atoms with Crippen molar-refractivity contribution in [2.45, 2.75) is 25.7 Å². The molecule has 2 aliphatic rings. The molecule has 0 aliphatic heterocycles. The summed E-state index contributed by atoms with van der Waals surface area (Å²) in [6.07, 6.45) is 8.53. The minimum atomic E-state index is 0.643. The number of hydrogen-bond donors (Lipinski definition) is 0. The van der Waals surface area contributed by atoms with E-state index >= 15 is 0 Å². The van der Waals surface area contributed by atoms with Gasteiger partial charge in [0.1, 0.15) is 22.7 Å². The number of rotatable bonds is 3. The molecule has 5 nitrogen and oxygen atoms in total. The van der Waals surface area contributed by atoms with Crippen LogP contribution in [0.1, 0.15) is 35.5 Å². The lowest BCUT2D eigenvalue weighted by atomic mass is 9.85. The van der Waals surface area contributed by atoms with Crippen molar-refractivity contribution in [3.8, 4) is 17.2 Å². The van der Waals surface area contributed by atoms with E-state index in [0.29, 0.717) is 5.95 Å². The van der Waals surface area contributed by atoms with Gasteiger partial charge in [0.25, 0.3) is 0 Å². The van der Waals surface area contributed by atoms with Gasteiger partial charge in [0, 0.05) is 49.4 Å². The molecule has 0 atom stereocenters. The van der Waals surface area contributed by atoms with Crippen molar-refractivity contribution in [2.75, 3.05) is 0 Å². The van der Waals surface area contributed by atoms with Crippen LogP contribution in [0.5, 0.6) is 0 Å². The van der Waals surface area contributed by atoms with Crippen molar-refractivity contribution in [1.82, 2.24) is 14.5 Å². The van der Waals surface area contributed by atoms with Crippen LogP contribution in [0.25, 0.3) is 83.0 Å². The van der Waals surface area contributed by atoms with E-state index in [1.54, 1.807) is 0 Å². The number of aromatic nitrogens is 3. The standard InChI is InChI=1S/C44H29N3O2/c1-2-12-26(13-3-1)40-33-15-4-7-21-35(33)45-44(46-40)47-36-22-8-5-16-34(36)39-37(47)25-24-32-31-20-11-19-30(42(31)49-43(32)39)29-18-10-17-28-27-14-6-9-23-38(27)48-41(28)29/h1-9,12-16,18-19,21-25H,10-11,17,20H2. The highest BCUT2D eigenvalue weighted by Gasteiger charge is 2.30. The molecular weight excluding hydrogens is 603 g/mol. The summed E-state index contributed by atoms with van der Waals surface area (Å²) in [6.45, 7) is 0. The van der Waals surface area contributed by atoms with Gasteiger partial charge < -0.3 is 8.83 Å². The summed E-state index contributed by atoms with van der Waals surface area (Å²) in [5, 5.41) is 5.62. The highest BCUT2D eigenvalue weighted by atomic mass is 16.3. The third-order valence-electron chi connectivity index (χ3n) is 10.4. The maximum absolute atomic E-state index is 7.07.